The molecule has 0 saturated heterocycles. The number of aromatic nitrogens is 1. The van der Waals surface area contributed by atoms with Gasteiger partial charge in [-0.2, -0.15) is 0 Å². The summed E-state index contributed by atoms with van der Waals surface area (Å²) < 4.78 is 24.5. The smallest absolute Gasteiger partial charge is 0.321 e. The van der Waals surface area contributed by atoms with Crippen LogP contribution in [0.4, 0.5) is 4.39 Å². The zero-order valence-corrected chi connectivity index (χ0v) is 20.3. The predicted octanol–water partition coefficient (Wildman–Crippen LogP) is 5.99. The second-order valence-corrected chi connectivity index (χ2v) is 8.78. The third kappa shape index (κ3) is 5.88. The highest BCUT2D eigenvalue weighted by Crippen LogP contribution is 2.37. The van der Waals surface area contributed by atoms with Crippen molar-refractivity contribution in [2.75, 3.05) is 7.11 Å². The van der Waals surface area contributed by atoms with Crippen LogP contribution in [0.25, 0.3) is 10.9 Å². The summed E-state index contributed by atoms with van der Waals surface area (Å²) in [5, 5.41) is 14.4. The molecule has 1 heterocycles. The van der Waals surface area contributed by atoms with Crippen molar-refractivity contribution < 1.29 is 23.8 Å². The minimum absolute atomic E-state index is 0.0680. The number of ether oxygens (including phenoxy) is 2. The molecule has 0 radical (unpaired) electrons. The summed E-state index contributed by atoms with van der Waals surface area (Å²) in [6.07, 6.45) is 2.14. The van der Waals surface area contributed by atoms with Gasteiger partial charge in [0.05, 0.1) is 17.2 Å². The summed E-state index contributed by atoms with van der Waals surface area (Å²) in [6, 6.07) is 14.4. The van der Waals surface area contributed by atoms with Crippen LogP contribution in [0.5, 0.6) is 11.5 Å². The number of carbonyl (C=O) groups is 1. The lowest BCUT2D eigenvalue weighted by Gasteiger charge is -2.17. The van der Waals surface area contributed by atoms with E-state index in [9.17, 15) is 14.3 Å². The first-order valence-corrected chi connectivity index (χ1v) is 11.6. The Morgan fingerprint density at radius 1 is 1.11 bits per heavy atom. The van der Waals surface area contributed by atoms with E-state index in [2.05, 4.69) is 10.3 Å². The summed E-state index contributed by atoms with van der Waals surface area (Å²) in [5.74, 6) is -0.692. The molecule has 0 fully saturated rings. The Labute approximate surface area is 211 Å². The van der Waals surface area contributed by atoms with Gasteiger partial charge in [-0.15, -0.1) is 0 Å². The monoisotopic (exact) mass is 516 g/mol. The van der Waals surface area contributed by atoms with E-state index in [1.54, 1.807) is 12.1 Å². The highest BCUT2D eigenvalue weighted by molar-refractivity contribution is 6.32. The number of fused-ring (bicyclic) bond motifs is 1. The van der Waals surface area contributed by atoms with Crippen molar-refractivity contribution >= 4 is 40.1 Å². The summed E-state index contributed by atoms with van der Waals surface area (Å²) in [5.41, 5.74) is 3.20. The predicted molar refractivity (Wildman–Crippen MR) is 134 cm³/mol. The molecule has 0 aliphatic rings. The van der Waals surface area contributed by atoms with E-state index in [1.165, 1.54) is 25.3 Å². The summed E-state index contributed by atoms with van der Waals surface area (Å²) in [4.78, 5) is 15.1. The third-order valence-electron chi connectivity index (χ3n) is 5.63. The standard InChI is InChI=1S/C26H23Cl2FN2O4/c1-34-24-9-15(8-21(28)25(24)35-14-16-6-7-18(29)11-20(16)27)12-30-23(26(32)33)10-17-13-31-22-5-3-2-4-19(17)22/h2-9,11,13,23,30-31H,10,12,14H2,1H3,(H,32,33)/t23-/m0/s1. The Hall–Kier alpha value is -3.26. The van der Waals surface area contributed by atoms with E-state index in [4.69, 9.17) is 32.7 Å². The van der Waals surface area contributed by atoms with Crippen LogP contribution in [-0.4, -0.2) is 29.2 Å². The Balaban J connectivity index is 1.46. The number of hydrogen-bond donors (Lipinski definition) is 3. The number of halogens is 3. The lowest BCUT2D eigenvalue weighted by molar-refractivity contribution is -0.139. The molecule has 0 spiro atoms. The molecule has 1 atom stereocenters. The maximum absolute atomic E-state index is 13.3. The van der Waals surface area contributed by atoms with Gasteiger partial charge in [0, 0.05) is 35.6 Å². The second-order valence-electron chi connectivity index (χ2n) is 7.97. The van der Waals surface area contributed by atoms with Crippen LogP contribution in [0.3, 0.4) is 0 Å². The normalized spacial score (nSPS) is 12.0. The summed E-state index contributed by atoms with van der Waals surface area (Å²) >= 11 is 12.5. The van der Waals surface area contributed by atoms with Crippen molar-refractivity contribution in [3.8, 4) is 11.5 Å². The van der Waals surface area contributed by atoms with Crippen molar-refractivity contribution in [2.24, 2.45) is 0 Å². The average Bonchev–Trinajstić information content (AvgIpc) is 3.24. The Kier molecular flexibility index (Phi) is 7.80. The fourth-order valence-corrected chi connectivity index (χ4v) is 4.32. The van der Waals surface area contributed by atoms with Gasteiger partial charge < -0.3 is 24.9 Å². The van der Waals surface area contributed by atoms with Gasteiger partial charge in [-0.1, -0.05) is 47.5 Å². The number of benzene rings is 3. The number of nitrogens with one attached hydrogen (secondary N) is 2. The van der Waals surface area contributed by atoms with E-state index in [-0.39, 0.29) is 18.2 Å². The molecule has 35 heavy (non-hydrogen) atoms. The molecule has 3 N–H and O–H groups in total. The highest BCUT2D eigenvalue weighted by atomic mass is 35.5. The third-order valence-corrected chi connectivity index (χ3v) is 6.26. The molecule has 6 nitrogen and oxygen atoms in total. The van der Waals surface area contributed by atoms with E-state index in [1.807, 2.05) is 30.5 Å². The molecule has 0 saturated carbocycles. The maximum Gasteiger partial charge on any atom is 0.321 e. The summed E-state index contributed by atoms with van der Waals surface area (Å²) in [6.45, 7) is 0.317. The Morgan fingerprint density at radius 3 is 2.66 bits per heavy atom. The van der Waals surface area contributed by atoms with E-state index >= 15 is 0 Å². The van der Waals surface area contributed by atoms with Gasteiger partial charge in [-0.25, -0.2) is 4.39 Å². The number of methoxy groups -OCH3 is 1. The number of carboxylic acids is 1. The molecule has 9 heteroatoms. The van der Waals surface area contributed by atoms with Gasteiger partial charge in [0.15, 0.2) is 11.5 Å². The van der Waals surface area contributed by atoms with Crippen LogP contribution in [-0.2, 0) is 24.4 Å². The maximum atomic E-state index is 13.3. The molecule has 0 unspecified atom stereocenters. The lowest BCUT2D eigenvalue weighted by Crippen LogP contribution is -2.38. The first-order valence-electron chi connectivity index (χ1n) is 10.8. The van der Waals surface area contributed by atoms with Crippen LogP contribution in [0.15, 0.2) is 60.8 Å². The molecule has 4 rings (SSSR count). The van der Waals surface area contributed by atoms with Crippen molar-refractivity contribution in [3.05, 3.63) is 93.3 Å². The molecule has 1 aromatic heterocycles. The number of aliphatic carboxylic acids is 1. The first kappa shape index (κ1) is 24.9. The average molecular weight is 517 g/mol. The van der Waals surface area contributed by atoms with Crippen molar-refractivity contribution in [1.29, 1.82) is 0 Å². The Bertz CT molecular complexity index is 1360. The van der Waals surface area contributed by atoms with Gasteiger partial charge in [0.2, 0.25) is 0 Å². The minimum atomic E-state index is -0.954. The molecule has 4 aromatic rings. The quantitative estimate of drug-likeness (QED) is 0.241. The molecule has 182 valence electrons. The number of H-pyrrole nitrogens is 1. The molecule has 3 aromatic carbocycles. The largest absolute Gasteiger partial charge is 0.493 e. The molecular weight excluding hydrogens is 494 g/mol. The number of rotatable bonds is 10. The zero-order valence-electron chi connectivity index (χ0n) is 18.8. The van der Waals surface area contributed by atoms with E-state index < -0.39 is 17.8 Å². The first-order chi connectivity index (χ1) is 16.9. The highest BCUT2D eigenvalue weighted by Gasteiger charge is 2.20. The fourth-order valence-electron chi connectivity index (χ4n) is 3.81. The van der Waals surface area contributed by atoms with E-state index in [0.717, 1.165) is 22.0 Å². The van der Waals surface area contributed by atoms with Crippen LogP contribution < -0.4 is 14.8 Å². The van der Waals surface area contributed by atoms with Crippen molar-refractivity contribution in [1.82, 2.24) is 10.3 Å². The number of aromatic amines is 1. The van der Waals surface area contributed by atoms with Gasteiger partial charge in [-0.3, -0.25) is 4.79 Å². The molecule has 0 bridgehead atoms. The van der Waals surface area contributed by atoms with Crippen molar-refractivity contribution in [2.45, 2.75) is 25.6 Å². The number of para-hydroxylation sites is 1. The van der Waals surface area contributed by atoms with Gasteiger partial charge in [0.25, 0.3) is 0 Å². The van der Waals surface area contributed by atoms with Crippen LogP contribution in [0.2, 0.25) is 10.0 Å². The SMILES string of the molecule is COc1cc(CN[C@@H](Cc2c[nH]c3ccccc23)C(=O)O)cc(Cl)c1OCc1ccc(F)cc1Cl. The Morgan fingerprint density at radius 2 is 1.91 bits per heavy atom. The molecule has 0 aliphatic carbocycles. The van der Waals surface area contributed by atoms with E-state index in [0.29, 0.717) is 28.5 Å². The molecular formula is C26H23Cl2FN2O4. The van der Waals surface area contributed by atoms with Crippen molar-refractivity contribution in [3.63, 3.8) is 0 Å². The molecule has 0 amide bonds. The summed E-state index contributed by atoms with van der Waals surface area (Å²) in [7, 11) is 1.48. The minimum Gasteiger partial charge on any atom is -0.493 e. The zero-order chi connectivity index (χ0) is 24.9. The topological polar surface area (TPSA) is 83.6 Å². The van der Waals surface area contributed by atoms with Gasteiger partial charge in [-0.05, 0) is 41.5 Å². The second kappa shape index (κ2) is 11.0. The molecule has 0 aliphatic heterocycles. The van der Waals surface area contributed by atoms with Crippen LogP contribution >= 0.6 is 23.2 Å². The van der Waals surface area contributed by atoms with Gasteiger partial charge >= 0.3 is 5.97 Å². The fraction of sp³-hybridized carbons (Fsp3) is 0.192. The van der Waals surface area contributed by atoms with Gasteiger partial charge in [0.1, 0.15) is 18.5 Å². The van der Waals surface area contributed by atoms with Crippen LogP contribution in [0, 0.1) is 5.82 Å². The lowest BCUT2D eigenvalue weighted by atomic mass is 10.0. The number of hydrogen-bond acceptors (Lipinski definition) is 4. The van der Waals surface area contributed by atoms with Crippen LogP contribution in [0.1, 0.15) is 16.7 Å². The number of carboxylic acid groups (broad SMARTS) is 1.